The van der Waals surface area contributed by atoms with E-state index < -0.39 is 11.7 Å². The number of alkyl halides is 3. The van der Waals surface area contributed by atoms with E-state index in [0.717, 1.165) is 17.7 Å². The van der Waals surface area contributed by atoms with Crippen LogP contribution in [0.25, 0.3) is 0 Å². The van der Waals surface area contributed by atoms with E-state index in [2.05, 4.69) is 10.5 Å². The maximum absolute atomic E-state index is 12.8. The molecular formula is C23H19Cl2F3N2O2. The van der Waals surface area contributed by atoms with Gasteiger partial charge in [0.2, 0.25) is 0 Å². The third-order valence-electron chi connectivity index (χ3n) is 4.26. The van der Waals surface area contributed by atoms with Crippen LogP contribution < -0.4 is 14.9 Å². The zero-order valence-electron chi connectivity index (χ0n) is 16.9. The third kappa shape index (κ3) is 6.55. The van der Waals surface area contributed by atoms with E-state index in [-0.39, 0.29) is 12.3 Å². The predicted octanol–water partition coefficient (Wildman–Crippen LogP) is 7.44. The van der Waals surface area contributed by atoms with Gasteiger partial charge in [-0.05, 0) is 61.0 Å². The molecule has 4 nitrogen and oxygen atoms in total. The maximum atomic E-state index is 12.8. The first kappa shape index (κ1) is 23.8. The monoisotopic (exact) mass is 482 g/mol. The second-order valence-corrected chi connectivity index (χ2v) is 7.46. The fraction of sp³-hybridized carbons (Fsp3) is 0.174. The minimum Gasteiger partial charge on any atom is -0.490 e. The predicted molar refractivity (Wildman–Crippen MR) is 121 cm³/mol. The molecule has 0 aromatic heterocycles. The highest BCUT2D eigenvalue weighted by atomic mass is 35.5. The summed E-state index contributed by atoms with van der Waals surface area (Å²) in [6.07, 6.45) is -2.94. The van der Waals surface area contributed by atoms with Gasteiger partial charge in [0, 0.05) is 15.6 Å². The van der Waals surface area contributed by atoms with Crippen molar-refractivity contribution in [3.63, 3.8) is 0 Å². The lowest BCUT2D eigenvalue weighted by atomic mass is 10.2. The van der Waals surface area contributed by atoms with Crippen LogP contribution in [0, 0.1) is 0 Å². The molecule has 0 spiro atoms. The Kier molecular flexibility index (Phi) is 7.88. The standard InChI is InChI=1S/C23H19Cl2F3N2O2/c1-2-31-22-10-15(13-29-30-19-5-3-4-17(11-19)23(26,27)28)6-9-21(22)32-14-16-7-8-18(24)12-20(16)25/h3-13,30H,2,14H2,1H3. The van der Waals surface area contributed by atoms with E-state index >= 15 is 0 Å². The summed E-state index contributed by atoms with van der Waals surface area (Å²) in [6.45, 7) is 2.48. The van der Waals surface area contributed by atoms with Gasteiger partial charge in [-0.3, -0.25) is 5.43 Å². The van der Waals surface area contributed by atoms with Gasteiger partial charge in [-0.25, -0.2) is 0 Å². The van der Waals surface area contributed by atoms with Crippen LogP contribution in [0.2, 0.25) is 10.0 Å². The summed E-state index contributed by atoms with van der Waals surface area (Å²) in [5.74, 6) is 1.02. The van der Waals surface area contributed by atoms with Crippen LogP contribution in [0.15, 0.2) is 65.8 Å². The average Bonchev–Trinajstić information content (AvgIpc) is 2.74. The van der Waals surface area contributed by atoms with E-state index in [0.29, 0.717) is 33.7 Å². The number of nitrogens with zero attached hydrogens (tertiary/aromatic N) is 1. The normalized spacial score (nSPS) is 11.6. The number of hydrogen-bond donors (Lipinski definition) is 1. The van der Waals surface area contributed by atoms with E-state index in [1.807, 2.05) is 6.92 Å². The lowest BCUT2D eigenvalue weighted by Gasteiger charge is -2.13. The highest BCUT2D eigenvalue weighted by molar-refractivity contribution is 6.35. The number of nitrogens with one attached hydrogen (secondary N) is 1. The number of benzene rings is 3. The van der Waals surface area contributed by atoms with Gasteiger partial charge in [-0.15, -0.1) is 0 Å². The Morgan fingerprint density at radius 2 is 1.78 bits per heavy atom. The Morgan fingerprint density at radius 1 is 0.969 bits per heavy atom. The van der Waals surface area contributed by atoms with Gasteiger partial charge in [-0.2, -0.15) is 18.3 Å². The minimum absolute atomic E-state index is 0.223. The fourth-order valence-electron chi connectivity index (χ4n) is 2.73. The number of hydrogen-bond acceptors (Lipinski definition) is 4. The SMILES string of the molecule is CCOc1cc(C=NNc2cccc(C(F)(F)F)c2)ccc1OCc1ccc(Cl)cc1Cl. The van der Waals surface area contributed by atoms with Gasteiger partial charge in [0.15, 0.2) is 11.5 Å². The smallest absolute Gasteiger partial charge is 0.416 e. The Bertz CT molecular complexity index is 1100. The molecule has 0 radical (unpaired) electrons. The summed E-state index contributed by atoms with van der Waals surface area (Å²) in [7, 11) is 0. The fourth-order valence-corrected chi connectivity index (χ4v) is 3.20. The maximum Gasteiger partial charge on any atom is 0.416 e. The summed E-state index contributed by atoms with van der Waals surface area (Å²) in [6, 6.07) is 15.1. The van der Waals surface area contributed by atoms with Crippen LogP contribution in [-0.4, -0.2) is 12.8 Å². The molecule has 0 amide bonds. The highest BCUT2D eigenvalue weighted by Crippen LogP contribution is 2.31. The number of halogens is 5. The molecule has 0 heterocycles. The first-order chi connectivity index (χ1) is 15.3. The molecule has 0 atom stereocenters. The Labute approximate surface area is 193 Å². The first-order valence-electron chi connectivity index (χ1n) is 9.56. The van der Waals surface area contributed by atoms with Crippen LogP contribution >= 0.6 is 23.2 Å². The minimum atomic E-state index is -4.42. The molecule has 0 bridgehead atoms. The van der Waals surface area contributed by atoms with Crippen molar-refractivity contribution in [3.05, 3.63) is 87.4 Å². The Morgan fingerprint density at radius 3 is 2.50 bits per heavy atom. The summed E-state index contributed by atoms with van der Waals surface area (Å²) in [5.41, 5.74) is 3.52. The zero-order chi connectivity index (χ0) is 23.1. The summed E-state index contributed by atoms with van der Waals surface area (Å²) >= 11 is 12.1. The van der Waals surface area contributed by atoms with E-state index in [1.165, 1.54) is 18.3 Å². The van der Waals surface area contributed by atoms with Gasteiger partial charge in [-0.1, -0.05) is 35.3 Å². The molecule has 0 saturated carbocycles. The molecule has 3 rings (SSSR count). The van der Waals surface area contributed by atoms with Crippen LogP contribution in [0.3, 0.4) is 0 Å². The number of anilines is 1. The van der Waals surface area contributed by atoms with Crippen LogP contribution in [0.4, 0.5) is 18.9 Å². The molecule has 0 aliphatic heterocycles. The van der Waals surface area contributed by atoms with Crippen LogP contribution in [0.1, 0.15) is 23.6 Å². The van der Waals surface area contributed by atoms with Crippen molar-refractivity contribution in [2.45, 2.75) is 19.7 Å². The molecule has 0 saturated heterocycles. The summed E-state index contributed by atoms with van der Waals surface area (Å²) in [5, 5.41) is 5.05. The molecule has 3 aromatic rings. The largest absolute Gasteiger partial charge is 0.490 e. The molecule has 0 unspecified atom stereocenters. The molecule has 168 valence electrons. The van der Waals surface area contributed by atoms with Crippen molar-refractivity contribution in [1.29, 1.82) is 0 Å². The molecule has 0 aliphatic carbocycles. The zero-order valence-corrected chi connectivity index (χ0v) is 18.4. The summed E-state index contributed by atoms with van der Waals surface area (Å²) < 4.78 is 49.9. The van der Waals surface area contributed by atoms with E-state index in [9.17, 15) is 13.2 Å². The van der Waals surface area contributed by atoms with Crippen molar-refractivity contribution in [1.82, 2.24) is 0 Å². The van der Waals surface area contributed by atoms with Crippen LogP contribution in [-0.2, 0) is 12.8 Å². The second kappa shape index (κ2) is 10.6. The molecule has 9 heteroatoms. The van der Waals surface area contributed by atoms with Crippen molar-refractivity contribution in [3.8, 4) is 11.5 Å². The molecule has 0 aliphatic rings. The molecule has 3 aromatic carbocycles. The van der Waals surface area contributed by atoms with Crippen molar-refractivity contribution < 1.29 is 22.6 Å². The molecule has 1 N–H and O–H groups in total. The number of ether oxygens (including phenoxy) is 2. The lowest BCUT2D eigenvalue weighted by Crippen LogP contribution is -2.05. The quantitative estimate of drug-likeness (QED) is 0.268. The average molecular weight is 483 g/mol. The third-order valence-corrected chi connectivity index (χ3v) is 4.85. The molecule has 0 fully saturated rings. The highest BCUT2D eigenvalue weighted by Gasteiger charge is 2.30. The van der Waals surface area contributed by atoms with Gasteiger partial charge in [0.05, 0.1) is 24.1 Å². The molecule has 32 heavy (non-hydrogen) atoms. The van der Waals surface area contributed by atoms with E-state index in [4.69, 9.17) is 32.7 Å². The van der Waals surface area contributed by atoms with Crippen LogP contribution in [0.5, 0.6) is 11.5 Å². The van der Waals surface area contributed by atoms with Crippen molar-refractivity contribution in [2.75, 3.05) is 12.0 Å². The lowest BCUT2D eigenvalue weighted by molar-refractivity contribution is -0.137. The van der Waals surface area contributed by atoms with Gasteiger partial charge in [0.1, 0.15) is 6.61 Å². The summed E-state index contributed by atoms with van der Waals surface area (Å²) in [4.78, 5) is 0. The Balaban J connectivity index is 1.70. The van der Waals surface area contributed by atoms with Gasteiger partial charge >= 0.3 is 6.18 Å². The van der Waals surface area contributed by atoms with Gasteiger partial charge in [0.25, 0.3) is 0 Å². The first-order valence-corrected chi connectivity index (χ1v) is 10.3. The second-order valence-electron chi connectivity index (χ2n) is 6.61. The Hall–Kier alpha value is -2.90. The molecular weight excluding hydrogens is 464 g/mol. The van der Waals surface area contributed by atoms with Gasteiger partial charge < -0.3 is 9.47 Å². The number of hydrazone groups is 1. The number of rotatable bonds is 8. The van der Waals surface area contributed by atoms with E-state index in [1.54, 1.807) is 36.4 Å². The van der Waals surface area contributed by atoms with Crippen molar-refractivity contribution in [2.24, 2.45) is 5.10 Å². The van der Waals surface area contributed by atoms with Crippen molar-refractivity contribution >= 4 is 35.1 Å². The topological polar surface area (TPSA) is 42.8 Å².